The summed E-state index contributed by atoms with van der Waals surface area (Å²) in [6.07, 6.45) is 2.29. The average Bonchev–Trinajstić information content (AvgIpc) is 2.76. The fourth-order valence-electron chi connectivity index (χ4n) is 2.84. The number of nitrogens with zero attached hydrogens (tertiary/aromatic N) is 1. The lowest BCUT2D eigenvalue weighted by atomic mass is 9.93. The predicted molar refractivity (Wildman–Crippen MR) is 68.2 cm³/mol. The van der Waals surface area contributed by atoms with Crippen molar-refractivity contribution in [3.05, 3.63) is 0 Å². The lowest BCUT2D eigenvalue weighted by Crippen LogP contribution is -2.49. The summed E-state index contributed by atoms with van der Waals surface area (Å²) in [5, 5.41) is 8.38. The van der Waals surface area contributed by atoms with Crippen LogP contribution < -0.4 is 16.0 Å². The van der Waals surface area contributed by atoms with E-state index in [1.165, 1.54) is 6.42 Å². The van der Waals surface area contributed by atoms with E-state index in [-0.39, 0.29) is 5.91 Å². The van der Waals surface area contributed by atoms with E-state index in [0.717, 1.165) is 26.1 Å². The molecule has 3 N–H and O–H groups in total. The third-order valence-electron chi connectivity index (χ3n) is 3.70. The van der Waals surface area contributed by atoms with Gasteiger partial charge in [0.1, 0.15) is 0 Å². The van der Waals surface area contributed by atoms with Crippen molar-refractivity contribution in [2.24, 2.45) is 5.92 Å². The van der Waals surface area contributed by atoms with E-state index in [1.807, 2.05) is 6.92 Å². The van der Waals surface area contributed by atoms with E-state index >= 15 is 0 Å². The first-order valence-electron chi connectivity index (χ1n) is 6.72. The number of imide groups is 1. The topological polar surface area (TPSA) is 73.5 Å². The Hall–Kier alpha value is -1.14. The number of piperidine rings is 1. The highest BCUT2D eigenvalue weighted by atomic mass is 16.2. The quantitative estimate of drug-likeness (QED) is 0.636. The van der Waals surface area contributed by atoms with E-state index in [9.17, 15) is 9.59 Å². The van der Waals surface area contributed by atoms with Crippen molar-refractivity contribution in [1.29, 1.82) is 0 Å². The Balaban J connectivity index is 1.72. The fraction of sp³-hybridized carbons (Fsp3) is 0.833. The number of carbonyl (C=O) groups is 2. The maximum absolute atomic E-state index is 11.7. The molecule has 0 aliphatic carbocycles. The Kier molecular flexibility index (Phi) is 4.54. The molecule has 0 radical (unpaired) electrons. The van der Waals surface area contributed by atoms with E-state index in [0.29, 0.717) is 25.0 Å². The third kappa shape index (κ3) is 3.43. The Morgan fingerprint density at radius 1 is 1.39 bits per heavy atom. The zero-order valence-corrected chi connectivity index (χ0v) is 10.9. The van der Waals surface area contributed by atoms with Crippen molar-refractivity contribution < 1.29 is 9.59 Å². The van der Waals surface area contributed by atoms with Crippen LogP contribution in [-0.2, 0) is 4.79 Å². The van der Waals surface area contributed by atoms with Crippen molar-refractivity contribution in [2.75, 3.05) is 32.7 Å². The van der Waals surface area contributed by atoms with Gasteiger partial charge in [0.15, 0.2) is 0 Å². The molecule has 2 heterocycles. The average molecular weight is 254 g/mol. The summed E-state index contributed by atoms with van der Waals surface area (Å²) in [4.78, 5) is 25.0. The van der Waals surface area contributed by atoms with Gasteiger partial charge in [-0.1, -0.05) is 0 Å². The van der Waals surface area contributed by atoms with Crippen LogP contribution in [0.5, 0.6) is 0 Å². The highest BCUT2D eigenvalue weighted by Gasteiger charge is 2.33. The van der Waals surface area contributed by atoms with E-state index < -0.39 is 6.03 Å². The molecule has 0 aromatic heterocycles. The molecule has 0 bridgehead atoms. The van der Waals surface area contributed by atoms with E-state index in [1.54, 1.807) is 0 Å². The van der Waals surface area contributed by atoms with E-state index in [4.69, 9.17) is 0 Å². The van der Waals surface area contributed by atoms with Crippen LogP contribution in [0.25, 0.3) is 0 Å². The fourth-order valence-corrected chi connectivity index (χ4v) is 2.84. The molecule has 2 aliphatic rings. The number of urea groups is 1. The summed E-state index contributed by atoms with van der Waals surface area (Å²) in [5.74, 6) is 0.446. The first-order valence-corrected chi connectivity index (χ1v) is 6.72. The molecule has 0 spiro atoms. The molecule has 2 atom stereocenters. The van der Waals surface area contributed by atoms with Crippen LogP contribution in [0.15, 0.2) is 0 Å². The number of amides is 3. The minimum absolute atomic E-state index is 0.217. The molecule has 102 valence electrons. The minimum atomic E-state index is -0.403. The van der Waals surface area contributed by atoms with Gasteiger partial charge < -0.3 is 10.6 Å². The lowest BCUT2D eigenvalue weighted by molar-refractivity contribution is -0.121. The van der Waals surface area contributed by atoms with E-state index in [2.05, 4.69) is 20.9 Å². The summed E-state index contributed by atoms with van der Waals surface area (Å²) in [6.45, 7) is 5.65. The molecular formula is C12H22N4O2. The van der Waals surface area contributed by atoms with Crippen molar-refractivity contribution in [3.63, 3.8) is 0 Å². The highest BCUT2D eigenvalue weighted by Crippen LogP contribution is 2.24. The normalized spacial score (nSPS) is 27.6. The van der Waals surface area contributed by atoms with Crippen LogP contribution in [0.4, 0.5) is 4.79 Å². The summed E-state index contributed by atoms with van der Waals surface area (Å²) in [6, 6.07) is 0.229. The summed E-state index contributed by atoms with van der Waals surface area (Å²) in [7, 11) is 0. The van der Waals surface area contributed by atoms with Crippen molar-refractivity contribution in [2.45, 2.75) is 25.8 Å². The van der Waals surface area contributed by atoms with Gasteiger partial charge in [-0.2, -0.15) is 0 Å². The van der Waals surface area contributed by atoms with Gasteiger partial charge in [0.25, 0.3) is 0 Å². The zero-order chi connectivity index (χ0) is 13.0. The van der Waals surface area contributed by atoms with Gasteiger partial charge in [0.05, 0.1) is 6.54 Å². The molecule has 2 unspecified atom stereocenters. The van der Waals surface area contributed by atoms with Crippen LogP contribution in [0.1, 0.15) is 19.8 Å². The number of carbonyl (C=O) groups excluding carboxylic acids is 2. The van der Waals surface area contributed by atoms with Gasteiger partial charge in [-0.25, -0.2) is 4.79 Å². The zero-order valence-electron chi connectivity index (χ0n) is 10.9. The van der Waals surface area contributed by atoms with Gasteiger partial charge in [-0.15, -0.1) is 0 Å². The maximum atomic E-state index is 11.7. The molecule has 3 amide bonds. The second kappa shape index (κ2) is 6.15. The van der Waals surface area contributed by atoms with Crippen LogP contribution in [0.3, 0.4) is 0 Å². The summed E-state index contributed by atoms with van der Waals surface area (Å²) < 4.78 is 0. The number of hydrogen-bond acceptors (Lipinski definition) is 4. The second-order valence-electron chi connectivity index (χ2n) is 5.04. The molecule has 2 rings (SSSR count). The smallest absolute Gasteiger partial charge is 0.321 e. The molecule has 2 saturated heterocycles. The number of nitrogens with one attached hydrogen (secondary N) is 3. The standard InChI is InChI=1S/C12H22N4O2/c1-2-13-12(18)15-11(17)8-16-6-4-10-9(7-16)3-5-14-10/h9-10,14H,2-8H2,1H3,(H2,13,15,17,18). The number of fused-ring (bicyclic) bond motifs is 1. The molecule has 6 nitrogen and oxygen atoms in total. The Morgan fingerprint density at radius 2 is 2.22 bits per heavy atom. The number of hydrogen-bond donors (Lipinski definition) is 3. The maximum Gasteiger partial charge on any atom is 0.321 e. The molecule has 6 heteroatoms. The Bertz CT molecular complexity index is 321. The molecular weight excluding hydrogens is 232 g/mol. The van der Waals surface area contributed by atoms with Crippen LogP contribution in [0, 0.1) is 5.92 Å². The van der Waals surface area contributed by atoms with Crippen LogP contribution in [0.2, 0.25) is 0 Å². The van der Waals surface area contributed by atoms with Gasteiger partial charge in [-0.3, -0.25) is 15.0 Å². The predicted octanol–water partition coefficient (Wildman–Crippen LogP) is -0.484. The second-order valence-corrected chi connectivity index (χ2v) is 5.04. The SMILES string of the molecule is CCNC(=O)NC(=O)CN1CCC2NCCC2C1. The van der Waals surface area contributed by atoms with Crippen molar-refractivity contribution in [1.82, 2.24) is 20.9 Å². The summed E-state index contributed by atoms with van der Waals surface area (Å²) >= 11 is 0. The van der Waals surface area contributed by atoms with Crippen LogP contribution >= 0.6 is 0 Å². The lowest BCUT2D eigenvalue weighted by Gasteiger charge is -2.34. The molecule has 0 aromatic rings. The van der Waals surface area contributed by atoms with Gasteiger partial charge in [0, 0.05) is 25.7 Å². The third-order valence-corrected chi connectivity index (χ3v) is 3.70. The number of likely N-dealkylation sites (tertiary alicyclic amines) is 1. The minimum Gasteiger partial charge on any atom is -0.338 e. The first kappa shape index (κ1) is 13.3. The van der Waals surface area contributed by atoms with Gasteiger partial charge in [0.2, 0.25) is 5.91 Å². The van der Waals surface area contributed by atoms with Crippen molar-refractivity contribution in [3.8, 4) is 0 Å². The largest absolute Gasteiger partial charge is 0.338 e. The van der Waals surface area contributed by atoms with Gasteiger partial charge >= 0.3 is 6.03 Å². The van der Waals surface area contributed by atoms with Crippen molar-refractivity contribution >= 4 is 11.9 Å². The molecule has 2 aliphatic heterocycles. The molecule has 18 heavy (non-hydrogen) atoms. The molecule has 0 saturated carbocycles. The molecule has 2 fully saturated rings. The monoisotopic (exact) mass is 254 g/mol. The van der Waals surface area contributed by atoms with Crippen LogP contribution in [-0.4, -0.2) is 55.6 Å². The first-order chi connectivity index (χ1) is 8.69. The Labute approximate surface area is 107 Å². The number of rotatable bonds is 3. The highest BCUT2D eigenvalue weighted by molar-refractivity contribution is 5.95. The van der Waals surface area contributed by atoms with Gasteiger partial charge in [-0.05, 0) is 32.2 Å². The molecule has 0 aromatic carbocycles. The Morgan fingerprint density at radius 3 is 3.00 bits per heavy atom. The summed E-state index contributed by atoms with van der Waals surface area (Å²) in [5.41, 5.74) is 0.